The topological polar surface area (TPSA) is 72.6 Å². The molecule has 3 N–H and O–H groups in total. The van der Waals surface area contributed by atoms with Crippen LogP contribution in [-0.4, -0.2) is 23.4 Å². The van der Waals surface area contributed by atoms with Crippen molar-refractivity contribution in [3.05, 3.63) is 0 Å². The average Bonchev–Trinajstić information content (AvgIpc) is 1.63. The second-order valence-electron chi connectivity index (χ2n) is 1.39. The SMILES string of the molecule is NC(=O)OCCC(O)Cl. The minimum absolute atomic E-state index is 0.0556. The smallest absolute Gasteiger partial charge is 0.404 e. The normalized spacial score (nSPS) is 12.7. The molecule has 0 aromatic rings. The van der Waals surface area contributed by atoms with Crippen LogP contribution in [0, 0.1) is 0 Å². The zero-order chi connectivity index (χ0) is 7.28. The number of aliphatic hydroxyl groups is 1. The number of carbonyl (C=O) groups excluding carboxylic acids is 1. The van der Waals surface area contributed by atoms with Crippen LogP contribution in [0.1, 0.15) is 6.42 Å². The predicted molar refractivity (Wildman–Crippen MR) is 32.0 cm³/mol. The number of primary amides is 1. The molecular formula is C4H8ClNO3. The molecule has 1 atom stereocenters. The maximum atomic E-state index is 9.86. The number of carbonyl (C=O) groups is 1. The Morgan fingerprint density at radius 3 is 2.78 bits per heavy atom. The Hall–Kier alpha value is -0.480. The van der Waals surface area contributed by atoms with Crippen LogP contribution in [0.5, 0.6) is 0 Å². The van der Waals surface area contributed by atoms with Crippen molar-refractivity contribution in [2.75, 3.05) is 6.61 Å². The summed E-state index contributed by atoms with van der Waals surface area (Å²) < 4.78 is 4.25. The second-order valence-corrected chi connectivity index (χ2v) is 1.89. The number of rotatable bonds is 3. The maximum Gasteiger partial charge on any atom is 0.404 e. The van der Waals surface area contributed by atoms with Gasteiger partial charge < -0.3 is 15.6 Å². The third-order valence-electron chi connectivity index (χ3n) is 0.600. The number of aliphatic hydroxyl groups excluding tert-OH is 1. The summed E-state index contributed by atoms with van der Waals surface area (Å²) in [5.41, 5.74) is 3.62. The van der Waals surface area contributed by atoms with Crippen molar-refractivity contribution in [2.45, 2.75) is 12.0 Å². The fourth-order valence-electron chi connectivity index (χ4n) is 0.257. The zero-order valence-corrected chi connectivity index (χ0v) is 5.47. The molecule has 4 nitrogen and oxygen atoms in total. The Morgan fingerprint density at radius 2 is 2.44 bits per heavy atom. The van der Waals surface area contributed by atoms with Gasteiger partial charge in [0.25, 0.3) is 0 Å². The Morgan fingerprint density at radius 1 is 1.89 bits per heavy atom. The van der Waals surface area contributed by atoms with E-state index in [2.05, 4.69) is 10.5 Å². The minimum atomic E-state index is -0.968. The lowest BCUT2D eigenvalue weighted by molar-refractivity contribution is 0.138. The maximum absolute atomic E-state index is 9.86. The summed E-state index contributed by atoms with van der Waals surface area (Å²) in [5, 5.41) is 8.40. The van der Waals surface area contributed by atoms with Crippen LogP contribution >= 0.6 is 11.6 Å². The number of hydrogen-bond acceptors (Lipinski definition) is 3. The van der Waals surface area contributed by atoms with Crippen LogP contribution in [0.3, 0.4) is 0 Å². The number of hydrogen-bond donors (Lipinski definition) is 2. The molecule has 0 aliphatic rings. The van der Waals surface area contributed by atoms with E-state index in [0.29, 0.717) is 0 Å². The minimum Gasteiger partial charge on any atom is -0.450 e. The van der Waals surface area contributed by atoms with Gasteiger partial charge in [-0.25, -0.2) is 4.79 Å². The van der Waals surface area contributed by atoms with Crippen molar-refractivity contribution in [2.24, 2.45) is 5.73 Å². The molecule has 0 spiro atoms. The summed E-state index contributed by atoms with van der Waals surface area (Å²) in [5.74, 6) is 0. The Kier molecular flexibility index (Phi) is 4.17. The number of nitrogens with two attached hydrogens (primary N) is 1. The van der Waals surface area contributed by atoms with Crippen LogP contribution in [0.4, 0.5) is 4.79 Å². The van der Waals surface area contributed by atoms with E-state index in [1.165, 1.54) is 0 Å². The van der Waals surface area contributed by atoms with Gasteiger partial charge in [0.1, 0.15) is 5.56 Å². The predicted octanol–water partition coefficient (Wildman–Crippen LogP) is 0.0290. The molecule has 0 heterocycles. The van der Waals surface area contributed by atoms with E-state index in [9.17, 15) is 4.79 Å². The van der Waals surface area contributed by atoms with E-state index in [0.717, 1.165) is 0 Å². The lowest BCUT2D eigenvalue weighted by Gasteiger charge is -2.00. The molecule has 54 valence electrons. The standard InChI is InChI=1S/C4H8ClNO3/c5-3(7)1-2-9-4(6)8/h3,7H,1-2H2,(H2,6,8). The summed E-state index contributed by atoms with van der Waals surface area (Å²) in [6, 6.07) is 0. The van der Waals surface area contributed by atoms with E-state index < -0.39 is 11.7 Å². The third-order valence-corrected chi connectivity index (χ3v) is 0.819. The first kappa shape index (κ1) is 8.52. The number of amides is 1. The summed E-state index contributed by atoms with van der Waals surface area (Å²) >= 11 is 5.08. The Labute approximate surface area is 57.5 Å². The number of ether oxygens (including phenoxy) is 1. The summed E-state index contributed by atoms with van der Waals surface area (Å²) in [4.78, 5) is 9.86. The van der Waals surface area contributed by atoms with Gasteiger partial charge in [-0.15, -0.1) is 0 Å². The van der Waals surface area contributed by atoms with E-state index >= 15 is 0 Å². The summed E-state index contributed by atoms with van der Waals surface area (Å²) in [6.45, 7) is 0.0556. The largest absolute Gasteiger partial charge is 0.450 e. The molecule has 0 bridgehead atoms. The van der Waals surface area contributed by atoms with Crippen molar-refractivity contribution < 1.29 is 14.6 Å². The van der Waals surface area contributed by atoms with Crippen molar-refractivity contribution in [3.63, 3.8) is 0 Å². The van der Waals surface area contributed by atoms with Crippen molar-refractivity contribution in [1.29, 1.82) is 0 Å². The molecule has 5 heteroatoms. The third kappa shape index (κ3) is 7.52. The molecule has 0 aromatic heterocycles. The molecule has 0 fully saturated rings. The molecule has 0 radical (unpaired) electrons. The molecule has 1 unspecified atom stereocenters. The van der Waals surface area contributed by atoms with Crippen LogP contribution in [0.25, 0.3) is 0 Å². The van der Waals surface area contributed by atoms with Gasteiger partial charge in [0.2, 0.25) is 0 Å². The average molecular weight is 154 g/mol. The van der Waals surface area contributed by atoms with Gasteiger partial charge in [0.15, 0.2) is 0 Å². The number of alkyl halides is 1. The molecule has 0 aliphatic heterocycles. The fourth-order valence-corrected chi connectivity index (χ4v) is 0.346. The molecule has 1 amide bonds. The van der Waals surface area contributed by atoms with E-state index in [4.69, 9.17) is 16.7 Å². The monoisotopic (exact) mass is 153 g/mol. The van der Waals surface area contributed by atoms with Gasteiger partial charge in [-0.2, -0.15) is 0 Å². The summed E-state index contributed by atoms with van der Waals surface area (Å²) in [7, 11) is 0. The highest BCUT2D eigenvalue weighted by molar-refractivity contribution is 6.19. The molecule has 0 rings (SSSR count). The first-order valence-electron chi connectivity index (χ1n) is 2.37. The molecule has 0 saturated carbocycles. The lowest BCUT2D eigenvalue weighted by Crippen LogP contribution is -2.15. The van der Waals surface area contributed by atoms with Gasteiger partial charge in [0.05, 0.1) is 6.61 Å². The zero-order valence-electron chi connectivity index (χ0n) is 4.71. The van der Waals surface area contributed by atoms with E-state index in [1.807, 2.05) is 0 Å². The van der Waals surface area contributed by atoms with Gasteiger partial charge in [-0.05, 0) is 0 Å². The first-order valence-corrected chi connectivity index (χ1v) is 2.81. The lowest BCUT2D eigenvalue weighted by atomic mass is 10.5. The Bertz CT molecular complexity index is 95.8. The highest BCUT2D eigenvalue weighted by Gasteiger charge is 1.98. The molecule has 0 saturated heterocycles. The van der Waals surface area contributed by atoms with Crippen molar-refractivity contribution in [1.82, 2.24) is 0 Å². The highest BCUT2D eigenvalue weighted by Crippen LogP contribution is 1.95. The van der Waals surface area contributed by atoms with Gasteiger partial charge >= 0.3 is 6.09 Å². The van der Waals surface area contributed by atoms with Gasteiger partial charge in [-0.3, -0.25) is 0 Å². The number of halogens is 1. The van der Waals surface area contributed by atoms with E-state index in [-0.39, 0.29) is 13.0 Å². The molecule has 0 aliphatic carbocycles. The molecule has 0 aromatic carbocycles. The first-order chi connectivity index (χ1) is 4.13. The van der Waals surface area contributed by atoms with Crippen LogP contribution in [-0.2, 0) is 4.74 Å². The van der Waals surface area contributed by atoms with E-state index in [1.54, 1.807) is 0 Å². The fraction of sp³-hybridized carbons (Fsp3) is 0.750. The van der Waals surface area contributed by atoms with Crippen LogP contribution in [0.15, 0.2) is 0 Å². The van der Waals surface area contributed by atoms with Crippen molar-refractivity contribution >= 4 is 17.7 Å². The van der Waals surface area contributed by atoms with Crippen LogP contribution < -0.4 is 5.73 Å². The van der Waals surface area contributed by atoms with Crippen molar-refractivity contribution in [3.8, 4) is 0 Å². The van der Waals surface area contributed by atoms with Gasteiger partial charge in [-0.1, -0.05) is 11.6 Å². The Balaban J connectivity index is 3.01. The summed E-state index contributed by atoms with van der Waals surface area (Å²) in [6.07, 6.45) is -0.655. The second kappa shape index (κ2) is 4.40. The van der Waals surface area contributed by atoms with Crippen LogP contribution in [0.2, 0.25) is 0 Å². The molecular weight excluding hydrogens is 146 g/mol. The quantitative estimate of drug-likeness (QED) is 0.562. The van der Waals surface area contributed by atoms with Gasteiger partial charge in [0, 0.05) is 6.42 Å². The highest BCUT2D eigenvalue weighted by atomic mass is 35.5. The molecule has 9 heavy (non-hydrogen) atoms.